The van der Waals surface area contributed by atoms with Crippen LogP contribution in [0.4, 0.5) is 0 Å². The van der Waals surface area contributed by atoms with E-state index >= 15 is 0 Å². The Morgan fingerprint density at radius 2 is 1.00 bits per heavy atom. The van der Waals surface area contributed by atoms with Gasteiger partial charge in [-0.25, -0.2) is 0 Å². The van der Waals surface area contributed by atoms with Crippen LogP contribution >= 0.6 is 0 Å². The molecule has 0 atom stereocenters. The second-order valence-corrected chi connectivity index (χ2v) is 4.33. The molecule has 0 bridgehead atoms. The van der Waals surface area contributed by atoms with Crippen molar-refractivity contribution in [1.82, 2.24) is 0 Å². The van der Waals surface area contributed by atoms with Gasteiger partial charge in [0.2, 0.25) is 0 Å². The third kappa shape index (κ3) is 15.4. The summed E-state index contributed by atoms with van der Waals surface area (Å²) >= 11 is 0. The Morgan fingerprint density at radius 3 is 1.35 bits per heavy atom. The van der Waals surface area contributed by atoms with Crippen molar-refractivity contribution in [3.8, 4) is 0 Å². The molecule has 0 aromatic rings. The predicted octanol–water partition coefficient (Wildman–Crippen LogP) is 2.97. The summed E-state index contributed by atoms with van der Waals surface area (Å²) in [5, 5.41) is 0. The smallest absolute Gasteiger partial charge is 0.0704 e. The molecular formula is C14H26O3. The van der Waals surface area contributed by atoms with E-state index in [1.165, 1.54) is 11.1 Å². The maximum absolute atomic E-state index is 5.36. The van der Waals surface area contributed by atoms with Gasteiger partial charge in [0.05, 0.1) is 39.6 Å². The fourth-order valence-electron chi connectivity index (χ4n) is 0.956. The van der Waals surface area contributed by atoms with E-state index in [2.05, 4.69) is 39.8 Å². The van der Waals surface area contributed by atoms with Gasteiger partial charge in [0.15, 0.2) is 0 Å². The Labute approximate surface area is 105 Å². The molecule has 3 nitrogen and oxygen atoms in total. The van der Waals surface area contributed by atoms with E-state index in [1.54, 1.807) is 0 Å². The molecule has 0 aromatic heterocycles. The highest BCUT2D eigenvalue weighted by Crippen LogP contribution is 1.90. The molecule has 0 heterocycles. The van der Waals surface area contributed by atoms with Crippen LogP contribution in [0.15, 0.2) is 23.3 Å². The maximum atomic E-state index is 5.36. The van der Waals surface area contributed by atoms with Gasteiger partial charge in [0, 0.05) is 0 Å². The summed E-state index contributed by atoms with van der Waals surface area (Å²) in [7, 11) is 0. The topological polar surface area (TPSA) is 27.7 Å². The second kappa shape index (κ2) is 11.8. The van der Waals surface area contributed by atoms with Crippen molar-refractivity contribution in [1.29, 1.82) is 0 Å². The standard InChI is InChI=1S/C14H26O3/c1-13(2)5-7-15-9-11-17-12-10-16-8-6-14(3)4/h5-6H,7-12H2,1-4H3. The molecule has 0 spiro atoms. The molecule has 0 aliphatic heterocycles. The quantitative estimate of drug-likeness (QED) is 0.435. The lowest BCUT2D eigenvalue weighted by Crippen LogP contribution is -2.09. The fraction of sp³-hybridized carbons (Fsp3) is 0.714. The molecule has 0 N–H and O–H groups in total. The molecule has 0 rings (SSSR count). The average Bonchev–Trinajstić information content (AvgIpc) is 2.25. The van der Waals surface area contributed by atoms with E-state index in [1.807, 2.05) is 0 Å². The average molecular weight is 242 g/mol. The van der Waals surface area contributed by atoms with Gasteiger partial charge in [-0.05, 0) is 27.7 Å². The molecule has 0 aliphatic rings. The van der Waals surface area contributed by atoms with Crippen molar-refractivity contribution in [3.05, 3.63) is 23.3 Å². The van der Waals surface area contributed by atoms with Gasteiger partial charge < -0.3 is 14.2 Å². The van der Waals surface area contributed by atoms with Gasteiger partial charge in [0.1, 0.15) is 0 Å². The van der Waals surface area contributed by atoms with Gasteiger partial charge in [-0.15, -0.1) is 0 Å². The highest BCUT2D eigenvalue weighted by atomic mass is 16.5. The minimum atomic E-state index is 0.628. The van der Waals surface area contributed by atoms with Crippen molar-refractivity contribution in [2.45, 2.75) is 27.7 Å². The van der Waals surface area contributed by atoms with Crippen molar-refractivity contribution >= 4 is 0 Å². The normalized spacial score (nSPS) is 10.1. The molecule has 17 heavy (non-hydrogen) atoms. The van der Waals surface area contributed by atoms with E-state index in [0.29, 0.717) is 39.6 Å². The SMILES string of the molecule is CC(C)=CCOCCOCCOCC=C(C)C. The first kappa shape index (κ1) is 16.4. The third-order valence-corrected chi connectivity index (χ3v) is 1.96. The van der Waals surface area contributed by atoms with Crippen LogP contribution < -0.4 is 0 Å². The summed E-state index contributed by atoms with van der Waals surface area (Å²) in [6.45, 7) is 12.1. The van der Waals surface area contributed by atoms with Gasteiger partial charge in [-0.2, -0.15) is 0 Å². The molecule has 3 heteroatoms. The van der Waals surface area contributed by atoms with Crippen LogP contribution in [-0.2, 0) is 14.2 Å². The minimum absolute atomic E-state index is 0.628. The van der Waals surface area contributed by atoms with Gasteiger partial charge in [-0.3, -0.25) is 0 Å². The van der Waals surface area contributed by atoms with Crippen molar-refractivity contribution in [3.63, 3.8) is 0 Å². The largest absolute Gasteiger partial charge is 0.377 e. The monoisotopic (exact) mass is 242 g/mol. The second-order valence-electron chi connectivity index (χ2n) is 4.33. The molecule has 0 aromatic carbocycles. The zero-order chi connectivity index (χ0) is 12.9. The lowest BCUT2D eigenvalue weighted by molar-refractivity contribution is 0.0251. The van der Waals surface area contributed by atoms with Crippen LogP contribution in [0, 0.1) is 0 Å². The number of hydrogen-bond acceptors (Lipinski definition) is 3. The predicted molar refractivity (Wildman–Crippen MR) is 71.3 cm³/mol. The molecule has 0 fully saturated rings. The molecule has 100 valence electrons. The van der Waals surface area contributed by atoms with Crippen LogP contribution in [-0.4, -0.2) is 39.6 Å². The van der Waals surface area contributed by atoms with Crippen molar-refractivity contribution in [2.24, 2.45) is 0 Å². The van der Waals surface area contributed by atoms with Crippen molar-refractivity contribution < 1.29 is 14.2 Å². The van der Waals surface area contributed by atoms with Gasteiger partial charge in [-0.1, -0.05) is 23.3 Å². The number of hydrogen-bond donors (Lipinski definition) is 0. The summed E-state index contributed by atoms with van der Waals surface area (Å²) in [6.07, 6.45) is 4.12. The number of allylic oxidation sites excluding steroid dienone is 2. The molecular weight excluding hydrogens is 216 g/mol. The van der Waals surface area contributed by atoms with Crippen LogP contribution in [0.2, 0.25) is 0 Å². The van der Waals surface area contributed by atoms with Crippen molar-refractivity contribution in [2.75, 3.05) is 39.6 Å². The van der Waals surface area contributed by atoms with Gasteiger partial charge in [0.25, 0.3) is 0 Å². The lowest BCUT2D eigenvalue weighted by Gasteiger charge is -2.05. The maximum Gasteiger partial charge on any atom is 0.0704 e. The molecule has 0 unspecified atom stereocenters. The summed E-state index contributed by atoms with van der Waals surface area (Å²) in [6, 6.07) is 0. The van der Waals surface area contributed by atoms with Crippen LogP contribution in [0.5, 0.6) is 0 Å². The highest BCUT2D eigenvalue weighted by molar-refractivity contribution is 4.93. The Kier molecular flexibility index (Phi) is 11.4. The van der Waals surface area contributed by atoms with E-state index in [4.69, 9.17) is 14.2 Å². The van der Waals surface area contributed by atoms with E-state index in [-0.39, 0.29) is 0 Å². The number of ether oxygens (including phenoxy) is 3. The Morgan fingerprint density at radius 1 is 0.647 bits per heavy atom. The van der Waals surface area contributed by atoms with E-state index < -0.39 is 0 Å². The first-order valence-electron chi connectivity index (χ1n) is 6.13. The first-order chi connectivity index (χ1) is 8.13. The molecule has 0 saturated heterocycles. The minimum Gasteiger partial charge on any atom is -0.377 e. The van der Waals surface area contributed by atoms with Crippen LogP contribution in [0.3, 0.4) is 0 Å². The zero-order valence-electron chi connectivity index (χ0n) is 11.6. The highest BCUT2D eigenvalue weighted by Gasteiger charge is 1.89. The fourth-order valence-corrected chi connectivity index (χ4v) is 0.956. The summed E-state index contributed by atoms with van der Waals surface area (Å²) < 4.78 is 16.1. The zero-order valence-corrected chi connectivity index (χ0v) is 11.6. The summed E-state index contributed by atoms with van der Waals surface area (Å²) in [5.74, 6) is 0. The Bertz CT molecular complexity index is 200. The van der Waals surface area contributed by atoms with Gasteiger partial charge >= 0.3 is 0 Å². The Balaban J connectivity index is 3.09. The molecule has 0 saturated carbocycles. The molecule has 0 radical (unpaired) electrons. The molecule has 0 amide bonds. The van der Waals surface area contributed by atoms with Crippen LogP contribution in [0.25, 0.3) is 0 Å². The first-order valence-corrected chi connectivity index (χ1v) is 6.13. The van der Waals surface area contributed by atoms with E-state index in [0.717, 1.165) is 0 Å². The van der Waals surface area contributed by atoms with E-state index in [9.17, 15) is 0 Å². The Hall–Kier alpha value is -0.640. The third-order valence-electron chi connectivity index (χ3n) is 1.96. The van der Waals surface area contributed by atoms with Crippen LogP contribution in [0.1, 0.15) is 27.7 Å². The number of rotatable bonds is 10. The summed E-state index contributed by atoms with van der Waals surface area (Å²) in [4.78, 5) is 0. The summed E-state index contributed by atoms with van der Waals surface area (Å²) in [5.41, 5.74) is 2.55. The molecule has 0 aliphatic carbocycles. The lowest BCUT2D eigenvalue weighted by atomic mass is 10.3.